The molecule has 0 fully saturated rings. The summed E-state index contributed by atoms with van der Waals surface area (Å²) in [6.45, 7) is 1.64. The molecule has 1 rings (SSSR count). The molecule has 1 amide bonds. The van der Waals surface area contributed by atoms with Gasteiger partial charge in [-0.1, -0.05) is 0 Å². The van der Waals surface area contributed by atoms with Gasteiger partial charge in [0.15, 0.2) is 6.10 Å². The number of carboxylic acid groups (broad SMARTS) is 1. The molecule has 0 aliphatic rings. The number of carbonyl (C=O) groups excluding carboxylic acids is 1. The van der Waals surface area contributed by atoms with E-state index in [-0.39, 0.29) is 18.2 Å². The second kappa shape index (κ2) is 7.34. The van der Waals surface area contributed by atoms with Crippen LogP contribution in [0.4, 0.5) is 0 Å². The highest BCUT2D eigenvalue weighted by atomic mass is 32.2. The van der Waals surface area contributed by atoms with Crippen molar-refractivity contribution in [3.8, 4) is 0 Å². The molecule has 1 unspecified atom stereocenters. The second-order valence-electron chi connectivity index (χ2n) is 3.51. The van der Waals surface area contributed by atoms with Gasteiger partial charge in [0.05, 0.1) is 23.0 Å². The van der Waals surface area contributed by atoms with Crippen molar-refractivity contribution in [2.45, 2.75) is 18.8 Å². The van der Waals surface area contributed by atoms with Gasteiger partial charge in [0.1, 0.15) is 0 Å². The fraction of sp³-hybridized carbons (Fsp3) is 0.500. The fourth-order valence-corrected chi connectivity index (χ4v) is 2.54. The number of amides is 1. The lowest BCUT2D eigenvalue weighted by molar-refractivity contribution is -0.146. The summed E-state index contributed by atoms with van der Waals surface area (Å²) in [4.78, 5) is 25.9. The molecule has 1 aromatic heterocycles. The van der Waals surface area contributed by atoms with Gasteiger partial charge in [-0.3, -0.25) is 4.79 Å². The largest absolute Gasteiger partial charge is 0.479 e. The van der Waals surface area contributed by atoms with Crippen LogP contribution in [0.15, 0.2) is 5.38 Å². The number of thioether (sulfide) groups is 1. The highest BCUT2D eigenvalue weighted by Gasteiger charge is 2.13. The number of aliphatic carboxylic acids is 1. The Labute approximate surface area is 112 Å². The van der Waals surface area contributed by atoms with Gasteiger partial charge in [-0.25, -0.2) is 9.78 Å². The Morgan fingerprint density at radius 2 is 2.33 bits per heavy atom. The Bertz CT molecular complexity index is 422. The van der Waals surface area contributed by atoms with E-state index in [1.165, 1.54) is 11.8 Å². The van der Waals surface area contributed by atoms with Crippen LogP contribution < -0.4 is 5.32 Å². The molecular weight excluding hydrogens is 276 g/mol. The first kappa shape index (κ1) is 14.9. The Morgan fingerprint density at radius 3 is 2.89 bits per heavy atom. The van der Waals surface area contributed by atoms with Crippen LogP contribution >= 0.6 is 23.1 Å². The van der Waals surface area contributed by atoms with E-state index in [2.05, 4.69) is 10.3 Å². The van der Waals surface area contributed by atoms with Crippen LogP contribution in [0.2, 0.25) is 0 Å². The molecular formula is C10H14N2O4S2. The van der Waals surface area contributed by atoms with E-state index in [9.17, 15) is 9.59 Å². The first-order chi connectivity index (χ1) is 8.49. The van der Waals surface area contributed by atoms with Crippen LogP contribution in [-0.4, -0.2) is 45.5 Å². The third kappa shape index (κ3) is 5.48. The van der Waals surface area contributed by atoms with Crippen molar-refractivity contribution < 1.29 is 19.8 Å². The van der Waals surface area contributed by atoms with Crippen molar-refractivity contribution in [3.63, 3.8) is 0 Å². The third-order valence-electron chi connectivity index (χ3n) is 1.93. The third-order valence-corrected chi connectivity index (χ3v) is 3.72. The Kier molecular flexibility index (Phi) is 6.10. The molecule has 1 aromatic rings. The highest BCUT2D eigenvalue weighted by molar-refractivity contribution is 7.99. The van der Waals surface area contributed by atoms with Crippen molar-refractivity contribution in [3.05, 3.63) is 16.1 Å². The summed E-state index contributed by atoms with van der Waals surface area (Å²) in [6, 6.07) is 0. The lowest BCUT2D eigenvalue weighted by Gasteiger charge is -2.07. The Morgan fingerprint density at radius 1 is 1.61 bits per heavy atom. The molecule has 0 radical (unpaired) electrons. The maximum Gasteiger partial charge on any atom is 0.334 e. The summed E-state index contributed by atoms with van der Waals surface area (Å²) in [6.07, 6.45) is -1.56. The van der Waals surface area contributed by atoms with Gasteiger partial charge in [0.25, 0.3) is 0 Å². The zero-order valence-electron chi connectivity index (χ0n) is 9.75. The van der Waals surface area contributed by atoms with Gasteiger partial charge in [0.2, 0.25) is 5.91 Å². The molecule has 8 heteroatoms. The fourth-order valence-electron chi connectivity index (χ4n) is 1.07. The van der Waals surface area contributed by atoms with E-state index in [4.69, 9.17) is 10.2 Å². The van der Waals surface area contributed by atoms with E-state index < -0.39 is 12.1 Å². The molecule has 0 saturated carbocycles. The number of nitrogens with zero attached hydrogens (tertiary/aromatic N) is 1. The lowest BCUT2D eigenvalue weighted by Crippen LogP contribution is -2.37. The van der Waals surface area contributed by atoms with E-state index in [1.54, 1.807) is 11.3 Å². The maximum atomic E-state index is 11.3. The summed E-state index contributed by atoms with van der Waals surface area (Å²) >= 11 is 2.95. The number of aliphatic hydroxyl groups is 1. The molecule has 100 valence electrons. The van der Waals surface area contributed by atoms with Crippen LogP contribution in [0.5, 0.6) is 0 Å². The van der Waals surface area contributed by atoms with Crippen molar-refractivity contribution in [2.75, 3.05) is 12.3 Å². The number of hydrogen-bond acceptors (Lipinski definition) is 6. The van der Waals surface area contributed by atoms with Gasteiger partial charge < -0.3 is 15.5 Å². The van der Waals surface area contributed by atoms with Gasteiger partial charge in [-0.05, 0) is 6.92 Å². The predicted molar refractivity (Wildman–Crippen MR) is 69.7 cm³/mol. The summed E-state index contributed by atoms with van der Waals surface area (Å²) in [5, 5.41) is 22.6. The molecule has 6 nitrogen and oxygen atoms in total. The molecule has 3 N–H and O–H groups in total. The standard InChI is InChI=1S/C10H14N2O4S2/c1-6-12-7(4-18-6)3-17-5-9(14)11-2-8(13)10(15)16/h4,8,13H,2-3,5H2,1H3,(H,11,14)(H,15,16). The van der Waals surface area contributed by atoms with Crippen LogP contribution in [0.25, 0.3) is 0 Å². The number of hydrogen-bond donors (Lipinski definition) is 3. The molecule has 0 aliphatic heterocycles. The Balaban J connectivity index is 2.15. The highest BCUT2D eigenvalue weighted by Crippen LogP contribution is 2.14. The van der Waals surface area contributed by atoms with Gasteiger partial charge >= 0.3 is 5.97 Å². The first-order valence-corrected chi connectivity index (χ1v) is 7.19. The normalized spacial score (nSPS) is 12.1. The summed E-state index contributed by atoms with van der Waals surface area (Å²) in [5.74, 6) is -0.796. The predicted octanol–water partition coefficient (Wildman–Crippen LogP) is 0.246. The van der Waals surface area contributed by atoms with Crippen molar-refractivity contribution in [1.82, 2.24) is 10.3 Å². The minimum Gasteiger partial charge on any atom is -0.479 e. The zero-order valence-corrected chi connectivity index (χ0v) is 11.4. The average molecular weight is 290 g/mol. The monoisotopic (exact) mass is 290 g/mol. The quantitative estimate of drug-likeness (QED) is 0.665. The molecule has 0 bridgehead atoms. The molecule has 0 aromatic carbocycles. The van der Waals surface area contributed by atoms with Crippen molar-refractivity contribution in [1.29, 1.82) is 0 Å². The average Bonchev–Trinajstić information content (AvgIpc) is 2.71. The lowest BCUT2D eigenvalue weighted by atomic mass is 10.3. The summed E-state index contributed by atoms with van der Waals surface area (Å²) < 4.78 is 0. The summed E-state index contributed by atoms with van der Waals surface area (Å²) in [5.41, 5.74) is 0.931. The molecule has 1 heterocycles. The molecule has 0 spiro atoms. The number of thiazole rings is 1. The zero-order chi connectivity index (χ0) is 13.5. The topological polar surface area (TPSA) is 99.5 Å². The molecule has 18 heavy (non-hydrogen) atoms. The second-order valence-corrected chi connectivity index (χ2v) is 5.56. The summed E-state index contributed by atoms with van der Waals surface area (Å²) in [7, 11) is 0. The van der Waals surface area contributed by atoms with Crippen LogP contribution in [0, 0.1) is 6.92 Å². The van der Waals surface area contributed by atoms with Crippen molar-refractivity contribution >= 4 is 35.0 Å². The molecule has 0 aliphatic carbocycles. The van der Waals surface area contributed by atoms with Crippen LogP contribution in [0.1, 0.15) is 10.7 Å². The molecule has 0 saturated heterocycles. The van der Waals surface area contributed by atoms with Gasteiger partial charge in [0, 0.05) is 11.1 Å². The number of nitrogens with one attached hydrogen (secondary N) is 1. The van der Waals surface area contributed by atoms with Gasteiger partial charge in [-0.2, -0.15) is 0 Å². The van der Waals surface area contributed by atoms with E-state index >= 15 is 0 Å². The van der Waals surface area contributed by atoms with Crippen LogP contribution in [-0.2, 0) is 15.3 Å². The van der Waals surface area contributed by atoms with E-state index in [0.717, 1.165) is 10.7 Å². The van der Waals surface area contributed by atoms with E-state index in [1.807, 2.05) is 12.3 Å². The van der Waals surface area contributed by atoms with Crippen LogP contribution in [0.3, 0.4) is 0 Å². The van der Waals surface area contributed by atoms with E-state index in [0.29, 0.717) is 5.75 Å². The Hall–Kier alpha value is -1.12. The number of rotatable bonds is 7. The minimum atomic E-state index is -1.56. The SMILES string of the molecule is Cc1nc(CSCC(=O)NCC(O)C(=O)O)cs1. The molecule has 1 atom stereocenters. The van der Waals surface area contributed by atoms with Gasteiger partial charge in [-0.15, -0.1) is 23.1 Å². The number of aliphatic hydroxyl groups excluding tert-OH is 1. The first-order valence-electron chi connectivity index (χ1n) is 5.15. The van der Waals surface area contributed by atoms with Crippen molar-refractivity contribution in [2.24, 2.45) is 0 Å². The number of carbonyl (C=O) groups is 2. The minimum absolute atomic E-state index is 0.211. The number of aromatic nitrogens is 1. The number of carboxylic acids is 1. The number of aryl methyl sites for hydroxylation is 1. The maximum absolute atomic E-state index is 11.3. The smallest absolute Gasteiger partial charge is 0.334 e.